The lowest BCUT2D eigenvalue weighted by Crippen LogP contribution is -2.41. The zero-order valence-corrected chi connectivity index (χ0v) is 12.1. The molecule has 1 aromatic rings. The quantitative estimate of drug-likeness (QED) is 0.787. The molecule has 0 aliphatic carbocycles. The summed E-state index contributed by atoms with van der Waals surface area (Å²) >= 11 is 5.68. The summed E-state index contributed by atoms with van der Waals surface area (Å²) in [6, 6.07) is 9.85. The van der Waals surface area contributed by atoms with Crippen LogP contribution in [0.25, 0.3) is 0 Å². The number of hydrogen-bond acceptors (Lipinski definition) is 1. The van der Waals surface area contributed by atoms with Crippen molar-refractivity contribution < 1.29 is 4.79 Å². The smallest absolute Gasteiger partial charge is 0.230 e. The summed E-state index contributed by atoms with van der Waals surface area (Å²) in [5.41, 5.74) is 0.537. The second kappa shape index (κ2) is 6.79. The molecule has 18 heavy (non-hydrogen) atoms. The zero-order valence-electron chi connectivity index (χ0n) is 11.4. The molecule has 0 aromatic heterocycles. The third-order valence-electron chi connectivity index (χ3n) is 3.28. The largest absolute Gasteiger partial charge is 0.355 e. The van der Waals surface area contributed by atoms with Gasteiger partial charge in [0.2, 0.25) is 5.91 Å². The van der Waals surface area contributed by atoms with Gasteiger partial charge in [0.25, 0.3) is 0 Å². The minimum absolute atomic E-state index is 0.0649. The molecular weight excluding hydrogens is 246 g/mol. The molecule has 100 valence electrons. The molecule has 1 aromatic carbocycles. The standard InChI is InChI=1S/C15H22ClNO/c1-12(9-10-16)11-17-14(18)15(2,3)13-7-5-4-6-8-13/h4-8,12H,9-11H2,1-3H3,(H,17,18). The van der Waals surface area contributed by atoms with Gasteiger partial charge in [-0.15, -0.1) is 11.6 Å². The van der Waals surface area contributed by atoms with Crippen LogP contribution in [0.15, 0.2) is 30.3 Å². The summed E-state index contributed by atoms with van der Waals surface area (Å²) in [4.78, 5) is 12.2. The van der Waals surface area contributed by atoms with Crippen molar-refractivity contribution in [1.82, 2.24) is 5.32 Å². The number of amides is 1. The molecule has 0 bridgehead atoms. The van der Waals surface area contributed by atoms with Gasteiger partial charge in [-0.05, 0) is 31.7 Å². The molecule has 1 rings (SSSR count). The van der Waals surface area contributed by atoms with E-state index in [4.69, 9.17) is 11.6 Å². The predicted molar refractivity (Wildman–Crippen MR) is 77.0 cm³/mol. The van der Waals surface area contributed by atoms with Crippen LogP contribution in [0.4, 0.5) is 0 Å². The lowest BCUT2D eigenvalue weighted by Gasteiger charge is -2.25. The molecule has 0 aliphatic rings. The Balaban J connectivity index is 2.60. The number of carbonyl (C=O) groups excluding carboxylic acids is 1. The molecule has 0 spiro atoms. The van der Waals surface area contributed by atoms with Gasteiger partial charge in [-0.3, -0.25) is 4.79 Å². The van der Waals surface area contributed by atoms with Crippen molar-refractivity contribution in [3.8, 4) is 0 Å². The van der Waals surface area contributed by atoms with E-state index in [-0.39, 0.29) is 5.91 Å². The molecule has 1 atom stereocenters. The average molecular weight is 268 g/mol. The fraction of sp³-hybridized carbons (Fsp3) is 0.533. The molecule has 0 radical (unpaired) electrons. The van der Waals surface area contributed by atoms with Crippen LogP contribution in [0.1, 0.15) is 32.8 Å². The number of hydrogen-bond donors (Lipinski definition) is 1. The SMILES string of the molecule is CC(CCCl)CNC(=O)C(C)(C)c1ccccc1. The van der Waals surface area contributed by atoms with Crippen LogP contribution in [-0.2, 0) is 10.2 Å². The average Bonchev–Trinajstić information content (AvgIpc) is 2.37. The highest BCUT2D eigenvalue weighted by Gasteiger charge is 2.29. The molecule has 1 amide bonds. The number of rotatable bonds is 6. The Labute approximate surface area is 115 Å². The van der Waals surface area contributed by atoms with Crippen LogP contribution in [-0.4, -0.2) is 18.3 Å². The lowest BCUT2D eigenvalue weighted by molar-refractivity contribution is -0.125. The van der Waals surface area contributed by atoms with Crippen LogP contribution in [0, 0.1) is 5.92 Å². The lowest BCUT2D eigenvalue weighted by atomic mass is 9.83. The number of benzene rings is 1. The summed E-state index contributed by atoms with van der Waals surface area (Å²) in [5, 5.41) is 3.01. The van der Waals surface area contributed by atoms with Gasteiger partial charge in [0, 0.05) is 12.4 Å². The van der Waals surface area contributed by atoms with E-state index in [1.165, 1.54) is 0 Å². The van der Waals surface area contributed by atoms with Gasteiger partial charge in [-0.25, -0.2) is 0 Å². The fourth-order valence-corrected chi connectivity index (χ4v) is 2.13. The first kappa shape index (κ1) is 15.0. The summed E-state index contributed by atoms with van der Waals surface area (Å²) in [5.74, 6) is 1.12. The molecule has 0 fully saturated rings. The van der Waals surface area contributed by atoms with Crippen LogP contribution in [0.2, 0.25) is 0 Å². The molecule has 0 saturated carbocycles. The van der Waals surface area contributed by atoms with Crippen molar-refractivity contribution in [3.05, 3.63) is 35.9 Å². The molecule has 1 unspecified atom stereocenters. The maximum absolute atomic E-state index is 12.2. The first-order valence-electron chi connectivity index (χ1n) is 6.38. The van der Waals surface area contributed by atoms with Crippen molar-refractivity contribution in [2.45, 2.75) is 32.6 Å². The number of nitrogens with one attached hydrogen (secondary N) is 1. The fourth-order valence-electron chi connectivity index (χ4n) is 1.76. The minimum Gasteiger partial charge on any atom is -0.355 e. The van der Waals surface area contributed by atoms with Gasteiger partial charge in [-0.2, -0.15) is 0 Å². The van der Waals surface area contributed by atoms with Gasteiger partial charge in [-0.1, -0.05) is 37.3 Å². The van der Waals surface area contributed by atoms with Crippen LogP contribution in [0.5, 0.6) is 0 Å². The van der Waals surface area contributed by atoms with Crippen LogP contribution in [0.3, 0.4) is 0 Å². The van der Waals surface area contributed by atoms with E-state index >= 15 is 0 Å². The Hall–Kier alpha value is -1.02. The van der Waals surface area contributed by atoms with Gasteiger partial charge in [0.15, 0.2) is 0 Å². The second-order valence-corrected chi connectivity index (χ2v) is 5.66. The van der Waals surface area contributed by atoms with E-state index in [9.17, 15) is 4.79 Å². The highest BCUT2D eigenvalue weighted by atomic mass is 35.5. The van der Waals surface area contributed by atoms with E-state index in [1.54, 1.807) is 0 Å². The van der Waals surface area contributed by atoms with Crippen LogP contribution >= 0.6 is 11.6 Å². The first-order valence-corrected chi connectivity index (χ1v) is 6.91. The monoisotopic (exact) mass is 267 g/mol. The molecule has 0 saturated heterocycles. The number of alkyl halides is 1. The van der Waals surface area contributed by atoms with E-state index in [2.05, 4.69) is 12.2 Å². The minimum atomic E-state index is -0.498. The van der Waals surface area contributed by atoms with Gasteiger partial charge in [0.1, 0.15) is 0 Å². The molecule has 0 heterocycles. The maximum atomic E-state index is 12.2. The zero-order chi connectivity index (χ0) is 13.6. The molecule has 0 aliphatic heterocycles. The topological polar surface area (TPSA) is 29.1 Å². The first-order chi connectivity index (χ1) is 8.48. The van der Waals surface area contributed by atoms with Crippen molar-refractivity contribution in [2.24, 2.45) is 5.92 Å². The second-order valence-electron chi connectivity index (χ2n) is 5.28. The summed E-state index contributed by atoms with van der Waals surface area (Å²) < 4.78 is 0. The molecule has 3 heteroatoms. The highest BCUT2D eigenvalue weighted by molar-refractivity contribution is 6.17. The Morgan fingerprint density at radius 1 is 1.33 bits per heavy atom. The summed E-state index contributed by atoms with van der Waals surface area (Å²) in [6.07, 6.45) is 0.924. The third-order valence-corrected chi connectivity index (χ3v) is 3.49. The normalized spacial score (nSPS) is 13.1. The third kappa shape index (κ3) is 4.02. The van der Waals surface area contributed by atoms with Gasteiger partial charge in [0.05, 0.1) is 5.41 Å². The molecule has 1 N–H and O–H groups in total. The van der Waals surface area contributed by atoms with E-state index in [0.717, 1.165) is 12.0 Å². The Kier molecular flexibility index (Phi) is 5.67. The van der Waals surface area contributed by atoms with E-state index in [0.29, 0.717) is 18.3 Å². The Morgan fingerprint density at radius 3 is 2.50 bits per heavy atom. The maximum Gasteiger partial charge on any atom is 0.230 e. The van der Waals surface area contributed by atoms with Crippen molar-refractivity contribution in [1.29, 1.82) is 0 Å². The van der Waals surface area contributed by atoms with Gasteiger partial charge < -0.3 is 5.32 Å². The predicted octanol–water partition coefficient (Wildman–Crippen LogP) is 3.35. The highest BCUT2D eigenvalue weighted by Crippen LogP contribution is 2.23. The summed E-state index contributed by atoms with van der Waals surface area (Å²) in [6.45, 7) is 6.67. The molecule has 2 nitrogen and oxygen atoms in total. The Bertz CT molecular complexity index is 375. The van der Waals surface area contributed by atoms with Crippen LogP contribution < -0.4 is 5.32 Å². The van der Waals surface area contributed by atoms with E-state index < -0.39 is 5.41 Å². The number of halogens is 1. The van der Waals surface area contributed by atoms with Gasteiger partial charge >= 0.3 is 0 Å². The van der Waals surface area contributed by atoms with Crippen molar-refractivity contribution in [2.75, 3.05) is 12.4 Å². The van der Waals surface area contributed by atoms with Crippen molar-refractivity contribution in [3.63, 3.8) is 0 Å². The summed E-state index contributed by atoms with van der Waals surface area (Å²) in [7, 11) is 0. The molecular formula is C15H22ClNO. The number of carbonyl (C=O) groups is 1. The Morgan fingerprint density at radius 2 is 1.94 bits per heavy atom. The van der Waals surface area contributed by atoms with E-state index in [1.807, 2.05) is 44.2 Å². The van der Waals surface area contributed by atoms with Crippen molar-refractivity contribution >= 4 is 17.5 Å².